The van der Waals surface area contributed by atoms with Gasteiger partial charge in [-0.3, -0.25) is 14.5 Å². The van der Waals surface area contributed by atoms with E-state index in [9.17, 15) is 9.59 Å². The molecule has 0 bridgehead atoms. The van der Waals surface area contributed by atoms with Gasteiger partial charge in [-0.1, -0.05) is 23.7 Å². The molecule has 0 unspecified atom stereocenters. The zero-order valence-electron chi connectivity index (χ0n) is 27.5. The number of hydrogen-bond donors (Lipinski definition) is 1. The Labute approximate surface area is 296 Å². The minimum atomic E-state index is -0.808. The van der Waals surface area contributed by atoms with Crippen LogP contribution in [0.4, 0.5) is 10.1 Å². The molecule has 0 aliphatic carbocycles. The second kappa shape index (κ2) is 15.1. The Kier molecular flexibility index (Phi) is 10.0. The average Bonchev–Trinajstić information content (AvgIpc) is 3.15. The van der Waals surface area contributed by atoms with Gasteiger partial charge in [0.15, 0.2) is 34.5 Å². The van der Waals surface area contributed by atoms with Gasteiger partial charge >= 0.3 is 0 Å². The number of nitrogens with one attached hydrogen (secondary N) is 1. The van der Waals surface area contributed by atoms with E-state index in [0.29, 0.717) is 50.6 Å². The zero-order chi connectivity index (χ0) is 35.3. The molecule has 12 nitrogen and oxygen atoms in total. The lowest BCUT2D eigenvalue weighted by molar-refractivity contribution is 0.0357. The molecule has 4 aromatic carbocycles. The fourth-order valence-electron chi connectivity index (χ4n) is 5.77. The number of aromatic nitrogens is 4. The Morgan fingerprint density at radius 2 is 1.76 bits per heavy atom. The zero-order valence-corrected chi connectivity index (χ0v) is 28.2. The summed E-state index contributed by atoms with van der Waals surface area (Å²) < 4.78 is 39.9. The van der Waals surface area contributed by atoms with E-state index in [0.717, 1.165) is 45.3 Å². The van der Waals surface area contributed by atoms with Gasteiger partial charge in [0.05, 0.1) is 55.1 Å². The van der Waals surface area contributed by atoms with Crippen LogP contribution in [0.5, 0.6) is 23.0 Å². The van der Waals surface area contributed by atoms with E-state index in [1.165, 1.54) is 30.1 Å². The molecule has 3 heterocycles. The van der Waals surface area contributed by atoms with Crippen LogP contribution >= 0.6 is 11.6 Å². The van der Waals surface area contributed by atoms with E-state index >= 15 is 4.39 Å². The van der Waals surface area contributed by atoms with Gasteiger partial charge in [-0.2, -0.15) is 15.3 Å². The summed E-state index contributed by atoms with van der Waals surface area (Å²) in [7, 11) is 1.53. The number of ether oxygens (including phenoxy) is 4. The van der Waals surface area contributed by atoms with Crippen molar-refractivity contribution in [2.45, 2.75) is 6.42 Å². The summed E-state index contributed by atoms with van der Waals surface area (Å²) in [5.41, 5.74) is 0.722. The molecule has 1 saturated heterocycles. The first-order valence-corrected chi connectivity index (χ1v) is 16.6. The number of nitrogens with zero attached hydrogens (tertiary/aromatic N) is 5. The van der Waals surface area contributed by atoms with Crippen molar-refractivity contribution in [1.82, 2.24) is 24.9 Å². The number of carbonyl (C=O) groups excluding carboxylic acids is 1. The molecule has 1 fully saturated rings. The van der Waals surface area contributed by atoms with Crippen molar-refractivity contribution >= 4 is 45.0 Å². The number of morpholine rings is 1. The molecule has 0 spiro atoms. The van der Waals surface area contributed by atoms with Crippen molar-refractivity contribution in [2.75, 3.05) is 51.9 Å². The predicted octanol–water partition coefficient (Wildman–Crippen LogP) is 6.28. The number of benzene rings is 4. The molecule has 51 heavy (non-hydrogen) atoms. The predicted molar refractivity (Wildman–Crippen MR) is 190 cm³/mol. The van der Waals surface area contributed by atoms with Crippen LogP contribution in [0.1, 0.15) is 16.9 Å². The summed E-state index contributed by atoms with van der Waals surface area (Å²) >= 11 is 6.06. The number of anilines is 1. The lowest BCUT2D eigenvalue weighted by Crippen LogP contribution is -2.37. The summed E-state index contributed by atoms with van der Waals surface area (Å²) in [5, 5.41) is 16.5. The van der Waals surface area contributed by atoms with Crippen LogP contribution in [-0.4, -0.2) is 77.3 Å². The molecule has 2 aromatic heterocycles. The van der Waals surface area contributed by atoms with Gasteiger partial charge in [0.25, 0.3) is 5.91 Å². The fourth-order valence-corrected chi connectivity index (χ4v) is 5.89. The molecule has 6 aromatic rings. The summed E-state index contributed by atoms with van der Waals surface area (Å²) in [6.45, 7) is 4.68. The second-order valence-electron chi connectivity index (χ2n) is 11.7. The van der Waals surface area contributed by atoms with E-state index in [4.69, 9.17) is 30.5 Å². The summed E-state index contributed by atoms with van der Waals surface area (Å²) in [6.07, 6.45) is 2.20. The van der Waals surface area contributed by atoms with E-state index in [1.54, 1.807) is 60.7 Å². The largest absolute Gasteiger partial charge is 0.493 e. The highest BCUT2D eigenvalue weighted by Crippen LogP contribution is 2.37. The molecule has 14 heteroatoms. The normalized spacial score (nSPS) is 13.3. The SMILES string of the molecule is COc1cc2c(Oc3ccc(NC(=O)c4nn(-c5ccc(Cl)cc5)c5ccccc5c4=O)cc3F)cnnc2cc1OCCCN1CCOCC1. The molecule has 7 rings (SSSR count). The highest BCUT2D eigenvalue weighted by molar-refractivity contribution is 6.30. The monoisotopic (exact) mass is 710 g/mol. The number of carbonyl (C=O) groups is 1. The lowest BCUT2D eigenvalue weighted by Gasteiger charge is -2.26. The van der Waals surface area contributed by atoms with Gasteiger partial charge in [-0.25, -0.2) is 9.07 Å². The molecule has 0 saturated carbocycles. The molecule has 1 aliphatic heterocycles. The number of hydrogen-bond acceptors (Lipinski definition) is 10. The first-order valence-electron chi connectivity index (χ1n) is 16.2. The summed E-state index contributed by atoms with van der Waals surface area (Å²) in [6, 6.07) is 20.9. The van der Waals surface area contributed by atoms with Crippen LogP contribution in [-0.2, 0) is 4.74 Å². The molecule has 0 atom stereocenters. The molecular formula is C37H32ClFN6O6. The third kappa shape index (κ3) is 7.45. The smallest absolute Gasteiger partial charge is 0.280 e. The maximum atomic E-state index is 15.5. The van der Waals surface area contributed by atoms with Crippen LogP contribution < -0.4 is 25.0 Å². The minimum Gasteiger partial charge on any atom is -0.493 e. The Morgan fingerprint density at radius 3 is 2.55 bits per heavy atom. The Morgan fingerprint density at radius 1 is 0.961 bits per heavy atom. The maximum Gasteiger partial charge on any atom is 0.280 e. The maximum absolute atomic E-state index is 15.5. The summed E-state index contributed by atoms with van der Waals surface area (Å²) in [5.74, 6) is -0.505. The van der Waals surface area contributed by atoms with Gasteiger partial charge in [0, 0.05) is 42.5 Å². The van der Waals surface area contributed by atoms with Crippen LogP contribution in [0.15, 0.2) is 89.9 Å². The van der Waals surface area contributed by atoms with Crippen LogP contribution in [0.25, 0.3) is 27.5 Å². The number of methoxy groups -OCH3 is 1. The Balaban J connectivity index is 1.08. The molecule has 260 valence electrons. The number of fused-ring (bicyclic) bond motifs is 2. The molecule has 1 aliphatic rings. The minimum absolute atomic E-state index is 0.0899. The highest BCUT2D eigenvalue weighted by Gasteiger charge is 2.20. The molecule has 1 N–H and O–H groups in total. The van der Waals surface area contributed by atoms with Gasteiger partial charge in [0.1, 0.15) is 5.52 Å². The number of halogens is 2. The van der Waals surface area contributed by atoms with E-state index in [2.05, 4.69) is 25.5 Å². The highest BCUT2D eigenvalue weighted by atomic mass is 35.5. The number of rotatable bonds is 11. The Bertz CT molecular complexity index is 2280. The van der Waals surface area contributed by atoms with E-state index in [1.807, 2.05) is 0 Å². The van der Waals surface area contributed by atoms with Gasteiger partial charge < -0.3 is 24.3 Å². The lowest BCUT2D eigenvalue weighted by atomic mass is 10.1. The van der Waals surface area contributed by atoms with Gasteiger partial charge in [0.2, 0.25) is 5.43 Å². The summed E-state index contributed by atoms with van der Waals surface area (Å²) in [4.78, 5) is 29.1. The molecular weight excluding hydrogens is 679 g/mol. The topological polar surface area (TPSA) is 130 Å². The van der Waals surface area contributed by atoms with Crippen LogP contribution in [0.3, 0.4) is 0 Å². The second-order valence-corrected chi connectivity index (χ2v) is 12.1. The van der Waals surface area contributed by atoms with Crippen LogP contribution in [0, 0.1) is 5.82 Å². The Hall–Kier alpha value is -5.63. The quantitative estimate of drug-likeness (QED) is 0.154. The van der Waals surface area contributed by atoms with Crippen molar-refractivity contribution in [3.63, 3.8) is 0 Å². The van der Waals surface area contributed by atoms with Crippen LogP contribution in [0.2, 0.25) is 5.02 Å². The van der Waals surface area contributed by atoms with E-state index < -0.39 is 17.2 Å². The van der Waals surface area contributed by atoms with Gasteiger partial charge in [-0.05, 0) is 61.0 Å². The third-order valence-electron chi connectivity index (χ3n) is 8.36. The van der Waals surface area contributed by atoms with E-state index in [-0.39, 0.29) is 22.9 Å². The van der Waals surface area contributed by atoms with Crippen molar-refractivity contribution in [1.29, 1.82) is 0 Å². The first kappa shape index (κ1) is 33.8. The molecule has 1 amide bonds. The van der Waals surface area contributed by atoms with Crippen molar-refractivity contribution in [3.8, 4) is 28.7 Å². The number of para-hydroxylation sites is 1. The van der Waals surface area contributed by atoms with Gasteiger partial charge in [-0.15, -0.1) is 0 Å². The van der Waals surface area contributed by atoms with Crippen molar-refractivity contribution in [3.05, 3.63) is 112 Å². The average molecular weight is 711 g/mol. The number of amides is 1. The fraction of sp³-hybridized carbons (Fsp3) is 0.216. The van der Waals surface area contributed by atoms with Crippen molar-refractivity contribution in [2.24, 2.45) is 0 Å². The first-order chi connectivity index (χ1) is 24.9. The molecule has 0 radical (unpaired) electrons. The van der Waals surface area contributed by atoms with Crippen molar-refractivity contribution < 1.29 is 28.1 Å². The third-order valence-corrected chi connectivity index (χ3v) is 8.61. The standard InChI is InChI=1S/C37H32ClFN6O6/c1-48-32-20-27-29(21-33(32)50-16-4-13-44-14-17-49-18-15-44)42-40-22-34(27)51-31-12-9-24(19-28(31)39)41-37(47)35-36(46)26-5-2-3-6-30(26)45(43-35)25-10-7-23(38)8-11-25/h2-3,5-12,19-22H,4,13-18H2,1H3,(H,41,47).